The van der Waals surface area contributed by atoms with Crippen molar-refractivity contribution in [3.05, 3.63) is 59.0 Å². The minimum atomic E-state index is 0.401. The molecule has 0 saturated heterocycles. The van der Waals surface area contributed by atoms with Crippen LogP contribution in [0.15, 0.2) is 53.4 Å². The van der Waals surface area contributed by atoms with Crippen LogP contribution in [0.3, 0.4) is 0 Å². The number of benzene rings is 1. The third kappa shape index (κ3) is 3.25. The van der Waals surface area contributed by atoms with Gasteiger partial charge >= 0.3 is 0 Å². The molecule has 0 unspecified atom stereocenters. The number of halogens is 1. The maximum atomic E-state index is 5.76. The Morgan fingerprint density at radius 2 is 2.05 bits per heavy atom. The molecule has 0 bridgehead atoms. The molecule has 0 radical (unpaired) electrons. The molecule has 7 heteroatoms. The topological polar surface area (TPSA) is 62.1 Å². The van der Waals surface area contributed by atoms with E-state index < -0.39 is 0 Å². The highest BCUT2D eigenvalue weighted by atomic mass is 79.9. The molecule has 0 fully saturated rings. The fourth-order valence-electron chi connectivity index (χ4n) is 1.81. The first-order valence-corrected chi connectivity index (χ1v) is 7.34. The Kier molecular flexibility index (Phi) is 4.34. The SMILES string of the molecule is COc1ccc(COc2nc(-n3cccn3)ncc2Br)cc1. The van der Waals surface area contributed by atoms with Gasteiger partial charge in [0.05, 0.1) is 17.8 Å². The Hall–Kier alpha value is -2.41. The normalized spacial score (nSPS) is 10.5. The molecule has 0 amide bonds. The minimum absolute atomic E-state index is 0.401. The Morgan fingerprint density at radius 1 is 1.23 bits per heavy atom. The van der Waals surface area contributed by atoms with E-state index in [0.717, 1.165) is 11.3 Å². The Labute approximate surface area is 135 Å². The monoisotopic (exact) mass is 360 g/mol. The molecule has 0 atom stereocenters. The summed E-state index contributed by atoms with van der Waals surface area (Å²) in [6.45, 7) is 0.401. The number of ether oxygens (including phenoxy) is 2. The summed E-state index contributed by atoms with van der Waals surface area (Å²) in [5.41, 5.74) is 1.02. The second kappa shape index (κ2) is 6.57. The van der Waals surface area contributed by atoms with Crippen molar-refractivity contribution in [2.75, 3.05) is 7.11 Å². The maximum absolute atomic E-state index is 5.76. The van der Waals surface area contributed by atoms with E-state index in [0.29, 0.717) is 22.9 Å². The zero-order valence-electron chi connectivity index (χ0n) is 11.8. The highest BCUT2D eigenvalue weighted by Crippen LogP contribution is 2.23. The third-order valence-corrected chi connectivity index (χ3v) is 3.49. The Bertz CT molecular complexity index is 745. The van der Waals surface area contributed by atoms with Crippen LogP contribution in [-0.4, -0.2) is 26.9 Å². The average molecular weight is 361 g/mol. The summed E-state index contributed by atoms with van der Waals surface area (Å²) in [5, 5.41) is 4.10. The van der Waals surface area contributed by atoms with Crippen LogP contribution in [0, 0.1) is 0 Å². The van der Waals surface area contributed by atoms with E-state index in [4.69, 9.17) is 9.47 Å². The number of aromatic nitrogens is 4. The van der Waals surface area contributed by atoms with Crippen molar-refractivity contribution in [3.8, 4) is 17.6 Å². The molecule has 2 aromatic heterocycles. The van der Waals surface area contributed by atoms with E-state index >= 15 is 0 Å². The van der Waals surface area contributed by atoms with Gasteiger partial charge in [-0.1, -0.05) is 12.1 Å². The summed E-state index contributed by atoms with van der Waals surface area (Å²) in [6.07, 6.45) is 5.09. The van der Waals surface area contributed by atoms with Crippen molar-refractivity contribution >= 4 is 15.9 Å². The van der Waals surface area contributed by atoms with Gasteiger partial charge in [0.1, 0.15) is 12.4 Å². The van der Waals surface area contributed by atoms with Gasteiger partial charge in [0.2, 0.25) is 5.88 Å². The number of rotatable bonds is 5. The van der Waals surface area contributed by atoms with E-state index in [9.17, 15) is 0 Å². The summed E-state index contributed by atoms with van der Waals surface area (Å²) in [5.74, 6) is 1.74. The van der Waals surface area contributed by atoms with Gasteiger partial charge in [0, 0.05) is 12.4 Å². The highest BCUT2D eigenvalue weighted by Gasteiger charge is 2.08. The number of nitrogens with zero attached hydrogens (tertiary/aromatic N) is 4. The van der Waals surface area contributed by atoms with Crippen LogP contribution >= 0.6 is 15.9 Å². The quantitative estimate of drug-likeness (QED) is 0.699. The molecule has 0 aliphatic heterocycles. The first-order valence-electron chi connectivity index (χ1n) is 6.54. The molecular formula is C15H13BrN4O2. The Balaban J connectivity index is 1.75. The lowest BCUT2D eigenvalue weighted by molar-refractivity contribution is 0.290. The van der Waals surface area contributed by atoms with Crippen LogP contribution in [0.4, 0.5) is 0 Å². The second-order valence-electron chi connectivity index (χ2n) is 4.41. The second-order valence-corrected chi connectivity index (χ2v) is 5.26. The van der Waals surface area contributed by atoms with Gasteiger partial charge in [-0.05, 0) is 39.7 Å². The van der Waals surface area contributed by atoms with Crippen molar-refractivity contribution in [2.45, 2.75) is 6.61 Å². The first kappa shape index (κ1) is 14.5. The van der Waals surface area contributed by atoms with E-state index in [2.05, 4.69) is 31.0 Å². The summed E-state index contributed by atoms with van der Waals surface area (Å²) in [4.78, 5) is 8.56. The van der Waals surface area contributed by atoms with E-state index in [1.165, 1.54) is 0 Å². The van der Waals surface area contributed by atoms with Crippen molar-refractivity contribution in [1.82, 2.24) is 19.7 Å². The predicted octanol–water partition coefficient (Wildman–Crippen LogP) is 3.01. The molecule has 3 aromatic rings. The molecule has 3 rings (SSSR count). The molecule has 22 heavy (non-hydrogen) atoms. The average Bonchev–Trinajstić information content (AvgIpc) is 3.09. The third-order valence-electron chi connectivity index (χ3n) is 2.94. The zero-order chi connectivity index (χ0) is 15.4. The standard InChI is InChI=1S/C15H13BrN4O2/c1-21-12-5-3-11(4-6-12)10-22-14-13(16)9-17-15(19-14)20-8-2-7-18-20/h2-9H,10H2,1H3. The van der Waals surface area contributed by atoms with Crippen LogP contribution in [0.2, 0.25) is 0 Å². The van der Waals surface area contributed by atoms with Gasteiger partial charge in [0.15, 0.2) is 0 Å². The zero-order valence-corrected chi connectivity index (χ0v) is 13.4. The van der Waals surface area contributed by atoms with Crippen molar-refractivity contribution in [1.29, 1.82) is 0 Å². The van der Waals surface area contributed by atoms with Crippen molar-refractivity contribution < 1.29 is 9.47 Å². The molecule has 0 N–H and O–H groups in total. The molecule has 0 aliphatic carbocycles. The van der Waals surface area contributed by atoms with Crippen LogP contribution in [0.1, 0.15) is 5.56 Å². The highest BCUT2D eigenvalue weighted by molar-refractivity contribution is 9.10. The van der Waals surface area contributed by atoms with Gasteiger partial charge in [-0.25, -0.2) is 9.67 Å². The van der Waals surface area contributed by atoms with Gasteiger partial charge < -0.3 is 9.47 Å². The molecule has 1 aromatic carbocycles. The molecule has 0 spiro atoms. The Morgan fingerprint density at radius 3 is 2.73 bits per heavy atom. The van der Waals surface area contributed by atoms with Crippen LogP contribution < -0.4 is 9.47 Å². The summed E-state index contributed by atoms with van der Waals surface area (Å²) in [6, 6.07) is 9.49. The fourth-order valence-corrected chi connectivity index (χ4v) is 2.12. The lowest BCUT2D eigenvalue weighted by Crippen LogP contribution is -2.05. The summed E-state index contributed by atoms with van der Waals surface area (Å²) in [7, 11) is 1.64. The number of hydrogen-bond donors (Lipinski definition) is 0. The van der Waals surface area contributed by atoms with Gasteiger partial charge in [-0.3, -0.25) is 0 Å². The lowest BCUT2D eigenvalue weighted by Gasteiger charge is -2.09. The largest absolute Gasteiger partial charge is 0.497 e. The molecule has 0 saturated carbocycles. The molecule has 0 aliphatic rings. The fraction of sp³-hybridized carbons (Fsp3) is 0.133. The van der Waals surface area contributed by atoms with Crippen LogP contribution in [0.5, 0.6) is 11.6 Å². The van der Waals surface area contributed by atoms with Crippen LogP contribution in [0.25, 0.3) is 5.95 Å². The van der Waals surface area contributed by atoms with Crippen LogP contribution in [-0.2, 0) is 6.61 Å². The molecule has 6 nitrogen and oxygen atoms in total. The number of hydrogen-bond acceptors (Lipinski definition) is 5. The van der Waals surface area contributed by atoms with E-state index in [1.807, 2.05) is 30.3 Å². The van der Waals surface area contributed by atoms with Crippen molar-refractivity contribution in [3.63, 3.8) is 0 Å². The molecule has 112 valence electrons. The predicted molar refractivity (Wildman–Crippen MR) is 84.2 cm³/mol. The summed E-state index contributed by atoms with van der Waals surface area (Å²) >= 11 is 3.39. The lowest BCUT2D eigenvalue weighted by atomic mass is 10.2. The van der Waals surface area contributed by atoms with Gasteiger partial charge in [0.25, 0.3) is 5.95 Å². The van der Waals surface area contributed by atoms with E-state index in [-0.39, 0.29) is 0 Å². The van der Waals surface area contributed by atoms with Gasteiger partial charge in [-0.2, -0.15) is 10.1 Å². The number of methoxy groups -OCH3 is 1. The maximum Gasteiger partial charge on any atom is 0.253 e. The molecule has 2 heterocycles. The minimum Gasteiger partial charge on any atom is -0.497 e. The van der Waals surface area contributed by atoms with E-state index in [1.54, 1.807) is 30.4 Å². The van der Waals surface area contributed by atoms with Crippen molar-refractivity contribution in [2.24, 2.45) is 0 Å². The van der Waals surface area contributed by atoms with Gasteiger partial charge in [-0.15, -0.1) is 0 Å². The smallest absolute Gasteiger partial charge is 0.253 e. The first-order chi connectivity index (χ1) is 10.8. The molecular weight excluding hydrogens is 348 g/mol. The summed E-state index contributed by atoms with van der Waals surface area (Å²) < 4.78 is 13.2.